The average molecular weight is 383 g/mol. The Morgan fingerprint density at radius 3 is 2.62 bits per heavy atom. The van der Waals surface area contributed by atoms with Crippen LogP contribution in [0.2, 0.25) is 0 Å². The summed E-state index contributed by atoms with van der Waals surface area (Å²) >= 11 is 3.11. The van der Waals surface area contributed by atoms with Crippen molar-refractivity contribution in [3.8, 4) is 21.1 Å². The molecule has 0 atom stereocenters. The zero-order valence-electron chi connectivity index (χ0n) is 12.8. The van der Waals surface area contributed by atoms with Gasteiger partial charge in [-0.1, -0.05) is 0 Å². The summed E-state index contributed by atoms with van der Waals surface area (Å²) < 4.78 is 37.6. The minimum absolute atomic E-state index is 0.263. The van der Waals surface area contributed by atoms with Crippen LogP contribution in [-0.4, -0.2) is 26.2 Å². The molecule has 0 unspecified atom stereocenters. The molecule has 0 aliphatic carbocycles. The lowest BCUT2D eigenvalue weighted by atomic mass is 10.2. The van der Waals surface area contributed by atoms with E-state index in [1.54, 1.807) is 23.5 Å². The van der Waals surface area contributed by atoms with Gasteiger partial charge < -0.3 is 0 Å². The molecule has 0 saturated heterocycles. The molecular weight excluding hydrogens is 367 g/mol. The lowest BCUT2D eigenvalue weighted by molar-refractivity contribution is 0.588. The van der Waals surface area contributed by atoms with Crippen LogP contribution in [0.15, 0.2) is 41.8 Å². The van der Waals surface area contributed by atoms with Crippen LogP contribution in [0.25, 0.3) is 21.1 Å². The maximum atomic E-state index is 13.0. The van der Waals surface area contributed by atoms with Crippen molar-refractivity contribution in [2.24, 2.45) is 0 Å². The summed E-state index contributed by atoms with van der Waals surface area (Å²) in [4.78, 5) is 6.74. The number of thiazole rings is 1. The van der Waals surface area contributed by atoms with E-state index in [-0.39, 0.29) is 5.82 Å². The third-order valence-electron chi connectivity index (χ3n) is 3.25. The summed E-state index contributed by atoms with van der Waals surface area (Å²) in [5, 5.41) is 2.82. The number of sulfonamides is 1. The van der Waals surface area contributed by atoms with Crippen molar-refractivity contribution in [1.29, 1.82) is 0 Å². The van der Waals surface area contributed by atoms with Crippen molar-refractivity contribution in [3.05, 3.63) is 52.5 Å². The number of nitrogens with one attached hydrogen (secondary N) is 1. The van der Waals surface area contributed by atoms with Gasteiger partial charge in [-0.2, -0.15) is 0 Å². The Morgan fingerprint density at radius 1 is 1.17 bits per heavy atom. The molecule has 0 radical (unpaired) electrons. The normalized spacial score (nSPS) is 11.8. The van der Waals surface area contributed by atoms with E-state index in [1.807, 2.05) is 17.5 Å². The molecule has 0 amide bonds. The molecule has 2 heterocycles. The molecular formula is C16H15FN2O2S3. The number of halogens is 1. The predicted octanol–water partition coefficient (Wildman–Crippen LogP) is 3.77. The van der Waals surface area contributed by atoms with Gasteiger partial charge in [-0.25, -0.2) is 22.5 Å². The molecule has 4 nitrogen and oxygen atoms in total. The van der Waals surface area contributed by atoms with Gasteiger partial charge in [0.2, 0.25) is 10.0 Å². The standard InChI is InChI=1S/C16H15FN2O2S3/c1-24(20,21)18-9-8-13-6-7-15(23-13)14-10-22-16(19-14)11-2-4-12(17)5-3-11/h2-7,10,18H,8-9H2,1H3. The highest BCUT2D eigenvalue weighted by Gasteiger charge is 2.10. The van der Waals surface area contributed by atoms with Gasteiger partial charge in [0.1, 0.15) is 10.8 Å². The van der Waals surface area contributed by atoms with Crippen LogP contribution in [0.4, 0.5) is 4.39 Å². The lowest BCUT2D eigenvalue weighted by Gasteiger charge is -1.99. The third-order valence-corrected chi connectivity index (χ3v) is 6.03. The average Bonchev–Trinajstić information content (AvgIpc) is 3.15. The van der Waals surface area contributed by atoms with E-state index in [2.05, 4.69) is 9.71 Å². The minimum Gasteiger partial charge on any atom is -0.235 e. The summed E-state index contributed by atoms with van der Waals surface area (Å²) in [6.07, 6.45) is 1.80. The second kappa shape index (κ2) is 7.10. The zero-order chi connectivity index (χ0) is 17.2. The molecule has 0 fully saturated rings. The second-order valence-electron chi connectivity index (χ2n) is 5.23. The topological polar surface area (TPSA) is 59.1 Å². The fourth-order valence-electron chi connectivity index (χ4n) is 2.12. The fourth-order valence-corrected chi connectivity index (χ4v) is 4.46. The van der Waals surface area contributed by atoms with Crippen LogP contribution in [0.5, 0.6) is 0 Å². The van der Waals surface area contributed by atoms with Gasteiger partial charge in [0.05, 0.1) is 16.8 Å². The van der Waals surface area contributed by atoms with Gasteiger partial charge in [-0.15, -0.1) is 22.7 Å². The maximum Gasteiger partial charge on any atom is 0.208 e. The largest absolute Gasteiger partial charge is 0.235 e. The Bertz CT molecular complexity index is 930. The van der Waals surface area contributed by atoms with Gasteiger partial charge in [-0.05, 0) is 42.8 Å². The third kappa shape index (κ3) is 4.47. The van der Waals surface area contributed by atoms with Crippen molar-refractivity contribution in [3.63, 3.8) is 0 Å². The quantitative estimate of drug-likeness (QED) is 0.706. The molecule has 1 N–H and O–H groups in total. The molecule has 24 heavy (non-hydrogen) atoms. The Balaban J connectivity index is 1.70. The highest BCUT2D eigenvalue weighted by atomic mass is 32.2. The molecule has 3 aromatic rings. The Hall–Kier alpha value is -1.61. The summed E-state index contributed by atoms with van der Waals surface area (Å²) in [7, 11) is -3.15. The van der Waals surface area contributed by atoms with E-state index in [0.29, 0.717) is 13.0 Å². The molecule has 8 heteroatoms. The first-order chi connectivity index (χ1) is 11.4. The number of thiophene rings is 1. The van der Waals surface area contributed by atoms with Gasteiger partial charge in [0.25, 0.3) is 0 Å². The van der Waals surface area contributed by atoms with Gasteiger partial charge >= 0.3 is 0 Å². The molecule has 0 bridgehead atoms. The first kappa shape index (κ1) is 17.2. The number of hydrogen-bond acceptors (Lipinski definition) is 5. The van der Waals surface area contributed by atoms with E-state index in [1.165, 1.54) is 23.5 Å². The number of benzene rings is 1. The first-order valence-corrected chi connectivity index (χ1v) is 10.7. The minimum atomic E-state index is -3.15. The van der Waals surface area contributed by atoms with Crippen LogP contribution in [0, 0.1) is 5.82 Å². The highest BCUT2D eigenvalue weighted by molar-refractivity contribution is 7.88. The lowest BCUT2D eigenvalue weighted by Crippen LogP contribution is -2.23. The molecule has 0 aliphatic rings. The van der Waals surface area contributed by atoms with Crippen LogP contribution in [0.3, 0.4) is 0 Å². The molecule has 3 rings (SSSR count). The maximum absolute atomic E-state index is 13.0. The summed E-state index contributed by atoms with van der Waals surface area (Å²) in [5.74, 6) is -0.263. The van der Waals surface area contributed by atoms with Crippen molar-refractivity contribution >= 4 is 32.7 Å². The van der Waals surface area contributed by atoms with E-state index in [0.717, 1.165) is 32.3 Å². The van der Waals surface area contributed by atoms with Crippen LogP contribution in [-0.2, 0) is 16.4 Å². The van der Waals surface area contributed by atoms with E-state index in [4.69, 9.17) is 0 Å². The van der Waals surface area contributed by atoms with Crippen molar-refractivity contribution in [2.75, 3.05) is 12.8 Å². The molecule has 0 saturated carbocycles. The fraction of sp³-hybridized carbons (Fsp3) is 0.188. The second-order valence-corrected chi connectivity index (χ2v) is 9.09. The van der Waals surface area contributed by atoms with Crippen molar-refractivity contribution in [1.82, 2.24) is 9.71 Å². The Morgan fingerprint density at radius 2 is 1.92 bits per heavy atom. The SMILES string of the molecule is CS(=O)(=O)NCCc1ccc(-c2csc(-c3ccc(F)cc3)n2)s1. The zero-order valence-corrected chi connectivity index (χ0v) is 15.3. The molecule has 126 valence electrons. The number of aromatic nitrogens is 1. The number of nitrogens with zero attached hydrogens (tertiary/aromatic N) is 1. The number of rotatable bonds is 6. The highest BCUT2D eigenvalue weighted by Crippen LogP contribution is 2.32. The van der Waals surface area contributed by atoms with E-state index in [9.17, 15) is 12.8 Å². The van der Waals surface area contributed by atoms with Gasteiger partial charge in [0, 0.05) is 22.4 Å². The van der Waals surface area contributed by atoms with E-state index < -0.39 is 10.0 Å². The number of hydrogen-bond donors (Lipinski definition) is 1. The van der Waals surface area contributed by atoms with Crippen LogP contribution >= 0.6 is 22.7 Å². The monoisotopic (exact) mass is 382 g/mol. The van der Waals surface area contributed by atoms with Gasteiger partial charge in [-0.3, -0.25) is 0 Å². The summed E-state index contributed by atoms with van der Waals surface area (Å²) in [6.45, 7) is 0.386. The van der Waals surface area contributed by atoms with Crippen molar-refractivity contribution < 1.29 is 12.8 Å². The van der Waals surface area contributed by atoms with Crippen LogP contribution in [0.1, 0.15) is 4.88 Å². The van der Waals surface area contributed by atoms with E-state index >= 15 is 0 Å². The first-order valence-electron chi connectivity index (χ1n) is 7.16. The smallest absolute Gasteiger partial charge is 0.208 e. The molecule has 0 spiro atoms. The molecule has 1 aromatic carbocycles. The Labute approximate surface area is 148 Å². The predicted molar refractivity (Wildman–Crippen MR) is 97.4 cm³/mol. The Kier molecular flexibility index (Phi) is 5.09. The van der Waals surface area contributed by atoms with Gasteiger partial charge in [0.15, 0.2) is 0 Å². The summed E-state index contributed by atoms with van der Waals surface area (Å²) in [5.41, 5.74) is 1.77. The molecule has 0 aliphatic heterocycles. The molecule has 2 aromatic heterocycles. The van der Waals surface area contributed by atoms with Crippen molar-refractivity contribution in [2.45, 2.75) is 6.42 Å². The summed E-state index contributed by atoms with van der Waals surface area (Å²) in [6, 6.07) is 10.3. The van der Waals surface area contributed by atoms with Crippen LogP contribution < -0.4 is 4.72 Å².